The molecule has 0 amide bonds. The maximum Gasteiger partial charge on any atom is -0.00752 e. The van der Waals surface area contributed by atoms with Crippen molar-refractivity contribution in [3.05, 3.63) is 70.8 Å². The van der Waals surface area contributed by atoms with E-state index in [0.29, 0.717) is 11.8 Å². The van der Waals surface area contributed by atoms with Crippen LogP contribution in [0.3, 0.4) is 0 Å². The fraction of sp³-hybridized carbons (Fsp3) is 0.182. The molecule has 0 radical (unpaired) electrons. The molecule has 2 aliphatic rings. The van der Waals surface area contributed by atoms with Gasteiger partial charge in [-0.05, 0) is 69.1 Å². The van der Waals surface area contributed by atoms with Gasteiger partial charge in [-0.3, -0.25) is 0 Å². The van der Waals surface area contributed by atoms with Gasteiger partial charge >= 0.3 is 0 Å². The molecule has 2 aliphatic carbocycles. The molecule has 4 rings (SSSR count). The molecule has 0 spiro atoms. The van der Waals surface area contributed by atoms with Crippen molar-refractivity contribution in [3.63, 3.8) is 0 Å². The second kappa shape index (κ2) is 5.14. The molecule has 0 saturated heterocycles. The van der Waals surface area contributed by atoms with E-state index in [2.05, 4.69) is 86.7 Å². The van der Waals surface area contributed by atoms with E-state index in [9.17, 15) is 0 Å². The van der Waals surface area contributed by atoms with Crippen LogP contribution in [0.1, 0.15) is 36.1 Å². The first kappa shape index (κ1) is 13.3. The van der Waals surface area contributed by atoms with Crippen LogP contribution in [-0.4, -0.2) is 0 Å². The van der Waals surface area contributed by atoms with E-state index in [1.54, 1.807) is 0 Å². The topological polar surface area (TPSA) is 0 Å². The van der Waals surface area contributed by atoms with Crippen molar-refractivity contribution < 1.29 is 0 Å². The molecule has 0 aliphatic heterocycles. The molecule has 0 saturated carbocycles. The highest BCUT2D eigenvalue weighted by Crippen LogP contribution is 2.30. The lowest BCUT2D eigenvalue weighted by molar-refractivity contribution is 0.954. The summed E-state index contributed by atoms with van der Waals surface area (Å²) in [6, 6.07) is 9.26. The summed E-state index contributed by atoms with van der Waals surface area (Å²) in [4.78, 5) is 0. The van der Waals surface area contributed by atoms with E-state index in [-0.39, 0.29) is 0 Å². The first-order valence-corrected chi connectivity index (χ1v) is 8.04. The van der Waals surface area contributed by atoms with E-state index in [1.165, 1.54) is 33.0 Å². The summed E-state index contributed by atoms with van der Waals surface area (Å²) in [5, 5.41) is 2.63. The van der Waals surface area contributed by atoms with Gasteiger partial charge in [-0.25, -0.2) is 0 Å². The highest BCUT2D eigenvalue weighted by atomic mass is 14.1. The molecule has 22 heavy (non-hydrogen) atoms. The molecule has 0 unspecified atom stereocenters. The van der Waals surface area contributed by atoms with Gasteiger partial charge in [-0.2, -0.15) is 0 Å². The van der Waals surface area contributed by atoms with Crippen LogP contribution >= 0.6 is 0 Å². The first-order valence-electron chi connectivity index (χ1n) is 8.04. The average molecular weight is 284 g/mol. The monoisotopic (exact) mass is 284 g/mol. The van der Waals surface area contributed by atoms with Crippen molar-refractivity contribution in [1.82, 2.24) is 0 Å². The normalized spacial score (nSPS) is 17.4. The van der Waals surface area contributed by atoms with E-state index < -0.39 is 0 Å². The minimum absolute atomic E-state index is 0.500. The van der Waals surface area contributed by atoms with Gasteiger partial charge in [0.05, 0.1) is 0 Å². The largest absolute Gasteiger partial charge is 0.0773 e. The van der Waals surface area contributed by atoms with Crippen LogP contribution in [-0.2, 0) is 0 Å². The highest BCUT2D eigenvalue weighted by Gasteiger charge is 2.08. The number of fused-ring (bicyclic) bond motifs is 3. The van der Waals surface area contributed by atoms with Crippen LogP contribution in [0.5, 0.6) is 0 Å². The Kier molecular flexibility index (Phi) is 3.11. The molecule has 0 aromatic heterocycles. The van der Waals surface area contributed by atoms with Gasteiger partial charge < -0.3 is 0 Å². The van der Waals surface area contributed by atoms with Crippen LogP contribution in [0.4, 0.5) is 0 Å². The molecule has 2 aromatic rings. The summed E-state index contributed by atoms with van der Waals surface area (Å²) in [7, 11) is 0. The molecule has 108 valence electrons. The maximum absolute atomic E-state index is 2.32. The van der Waals surface area contributed by atoms with Gasteiger partial charge in [0, 0.05) is 0 Å². The van der Waals surface area contributed by atoms with Gasteiger partial charge in [-0.15, -0.1) is 0 Å². The van der Waals surface area contributed by atoms with Crippen molar-refractivity contribution >= 4 is 35.1 Å². The number of allylic oxidation sites excluding steroid dienone is 4. The van der Waals surface area contributed by atoms with Crippen molar-refractivity contribution in [2.75, 3.05) is 0 Å². The second-order valence-corrected chi connectivity index (χ2v) is 6.46. The molecule has 0 nitrogen and oxygen atoms in total. The molecule has 2 aromatic carbocycles. The van der Waals surface area contributed by atoms with Gasteiger partial charge in [0.2, 0.25) is 0 Å². The number of hydrogen-bond acceptors (Lipinski definition) is 0. The number of rotatable bonds is 0. The summed E-state index contributed by atoms with van der Waals surface area (Å²) in [6.07, 6.45) is 18.1. The third-order valence-electron chi connectivity index (χ3n) is 4.56. The van der Waals surface area contributed by atoms with E-state index in [4.69, 9.17) is 0 Å². The zero-order valence-electron chi connectivity index (χ0n) is 13.1. The lowest BCUT2D eigenvalue weighted by Crippen LogP contribution is -1.86. The predicted molar refractivity (Wildman–Crippen MR) is 98.4 cm³/mol. The van der Waals surface area contributed by atoms with Crippen LogP contribution in [0.15, 0.2) is 48.6 Å². The Bertz CT molecular complexity index is 720. The molecule has 0 heteroatoms. The number of benzene rings is 2. The van der Waals surface area contributed by atoms with E-state index in [0.717, 1.165) is 0 Å². The number of hydrogen-bond donors (Lipinski definition) is 0. The molecular weight excluding hydrogens is 264 g/mol. The maximum atomic E-state index is 2.32. The summed E-state index contributed by atoms with van der Waals surface area (Å²) < 4.78 is 0. The van der Waals surface area contributed by atoms with Gasteiger partial charge in [0.1, 0.15) is 0 Å². The Morgan fingerprint density at radius 1 is 0.500 bits per heavy atom. The molecule has 0 heterocycles. The van der Waals surface area contributed by atoms with Gasteiger partial charge in [0.25, 0.3) is 0 Å². The fourth-order valence-electron chi connectivity index (χ4n) is 3.15. The van der Waals surface area contributed by atoms with Crippen molar-refractivity contribution in [1.29, 1.82) is 0 Å². The lowest BCUT2D eigenvalue weighted by atomic mass is 9.96. The molecule has 0 bridgehead atoms. The lowest BCUT2D eigenvalue weighted by Gasteiger charge is -2.08. The molecule has 0 N–H and O–H groups in total. The third kappa shape index (κ3) is 2.35. The first-order chi connectivity index (χ1) is 10.7. The Hall–Kier alpha value is -2.34. The highest BCUT2D eigenvalue weighted by molar-refractivity contribution is 5.93. The smallest absolute Gasteiger partial charge is 0.00752 e. The molecule has 0 fully saturated rings. The second-order valence-electron chi connectivity index (χ2n) is 6.46. The Balaban J connectivity index is 1.94. The van der Waals surface area contributed by atoms with Crippen molar-refractivity contribution in [2.24, 2.45) is 11.8 Å². The standard InChI is InChI=1S/C22H20/c1-15-3-7-17-11-21-13-19-9-5-16(2)6-10-20(19)14-22(21)12-18(17)8-4-15/h3-16H,1-2H3. The summed E-state index contributed by atoms with van der Waals surface area (Å²) in [5.41, 5.74) is 5.26. The van der Waals surface area contributed by atoms with Crippen LogP contribution in [0, 0.1) is 11.8 Å². The minimum atomic E-state index is 0.500. The fourth-order valence-corrected chi connectivity index (χ4v) is 3.15. The summed E-state index contributed by atoms with van der Waals surface area (Å²) in [6.45, 7) is 4.44. The zero-order valence-corrected chi connectivity index (χ0v) is 13.1. The van der Waals surface area contributed by atoms with Crippen LogP contribution in [0.25, 0.3) is 35.1 Å². The van der Waals surface area contributed by atoms with Gasteiger partial charge in [0.15, 0.2) is 0 Å². The Labute approximate surface area is 132 Å². The zero-order chi connectivity index (χ0) is 15.1. The molecular formula is C22H20. The average Bonchev–Trinajstić information content (AvgIpc) is 2.81. The van der Waals surface area contributed by atoms with E-state index >= 15 is 0 Å². The minimum Gasteiger partial charge on any atom is -0.0773 e. The van der Waals surface area contributed by atoms with Crippen molar-refractivity contribution in [2.45, 2.75) is 13.8 Å². The molecule has 0 atom stereocenters. The van der Waals surface area contributed by atoms with Gasteiger partial charge in [-0.1, -0.05) is 62.5 Å². The summed E-state index contributed by atoms with van der Waals surface area (Å²) >= 11 is 0. The van der Waals surface area contributed by atoms with Crippen molar-refractivity contribution in [3.8, 4) is 0 Å². The van der Waals surface area contributed by atoms with Crippen LogP contribution in [0.2, 0.25) is 0 Å². The van der Waals surface area contributed by atoms with E-state index in [1.807, 2.05) is 0 Å². The van der Waals surface area contributed by atoms with Crippen LogP contribution < -0.4 is 0 Å². The Morgan fingerprint density at radius 3 is 1.05 bits per heavy atom. The quantitative estimate of drug-likeness (QED) is 0.541. The Morgan fingerprint density at radius 2 is 0.773 bits per heavy atom. The third-order valence-corrected chi connectivity index (χ3v) is 4.56. The predicted octanol–water partition coefficient (Wildman–Crippen LogP) is 6.19. The SMILES string of the molecule is CC1C=Cc2cc3cc4c(cc3cc2C=C1)C=CC(C)C=C4. The summed E-state index contributed by atoms with van der Waals surface area (Å²) in [5.74, 6) is 0.999.